The van der Waals surface area contributed by atoms with Crippen LogP contribution >= 0.6 is 35.6 Å². The molecule has 0 bridgehead atoms. The van der Waals surface area contributed by atoms with Crippen molar-refractivity contribution in [2.75, 3.05) is 19.7 Å². The first-order valence-corrected chi connectivity index (χ1v) is 9.89. The van der Waals surface area contributed by atoms with Gasteiger partial charge in [-0.2, -0.15) is 0 Å². The van der Waals surface area contributed by atoms with E-state index in [1.54, 1.807) is 0 Å². The zero-order chi connectivity index (χ0) is 18.7. The van der Waals surface area contributed by atoms with Crippen LogP contribution in [-0.2, 0) is 4.74 Å². The van der Waals surface area contributed by atoms with E-state index >= 15 is 0 Å². The summed E-state index contributed by atoms with van der Waals surface area (Å²) in [5.74, 6) is 2.11. The molecule has 27 heavy (non-hydrogen) atoms. The Hall–Kier alpha value is -0.730. The van der Waals surface area contributed by atoms with Crippen molar-refractivity contribution in [2.24, 2.45) is 16.3 Å². The molecule has 7 heteroatoms. The van der Waals surface area contributed by atoms with Crippen LogP contribution in [0.4, 0.5) is 0 Å². The lowest BCUT2D eigenvalue weighted by atomic mass is 9.57. The Bertz CT molecular complexity index is 656. The van der Waals surface area contributed by atoms with E-state index in [9.17, 15) is 0 Å². The molecule has 4 unspecified atom stereocenters. The molecule has 1 saturated heterocycles. The second-order valence-corrected chi connectivity index (χ2v) is 8.17. The van der Waals surface area contributed by atoms with E-state index in [-0.39, 0.29) is 35.5 Å². The first kappa shape index (κ1) is 22.6. The van der Waals surface area contributed by atoms with Crippen molar-refractivity contribution in [3.63, 3.8) is 0 Å². The summed E-state index contributed by atoms with van der Waals surface area (Å²) in [5.41, 5.74) is 0.122. The van der Waals surface area contributed by atoms with Gasteiger partial charge in [0.2, 0.25) is 0 Å². The SMILES string of the molecule is CCNC(=NCC(C)Oc1ccccc1Cl)NC1C2CCOC2C1(C)C.I. The Morgan fingerprint density at radius 1 is 1.41 bits per heavy atom. The van der Waals surface area contributed by atoms with E-state index in [4.69, 9.17) is 26.1 Å². The molecule has 1 aromatic carbocycles. The summed E-state index contributed by atoms with van der Waals surface area (Å²) >= 11 is 6.16. The van der Waals surface area contributed by atoms with Crippen LogP contribution in [0.2, 0.25) is 5.02 Å². The number of nitrogens with one attached hydrogen (secondary N) is 2. The topological polar surface area (TPSA) is 54.9 Å². The van der Waals surface area contributed by atoms with Crippen LogP contribution < -0.4 is 15.4 Å². The van der Waals surface area contributed by atoms with Crippen LogP contribution in [0.25, 0.3) is 0 Å². The lowest BCUT2D eigenvalue weighted by Crippen LogP contribution is -2.68. The zero-order valence-corrected chi connectivity index (χ0v) is 19.6. The molecular formula is C20H31ClIN3O2. The number of nitrogens with zero attached hydrogens (tertiary/aromatic N) is 1. The molecule has 5 nitrogen and oxygen atoms in total. The summed E-state index contributed by atoms with van der Waals surface area (Å²) in [7, 11) is 0. The summed E-state index contributed by atoms with van der Waals surface area (Å²) in [6.45, 7) is 10.9. The smallest absolute Gasteiger partial charge is 0.191 e. The minimum Gasteiger partial charge on any atom is -0.487 e. The Morgan fingerprint density at radius 3 is 2.85 bits per heavy atom. The fourth-order valence-electron chi connectivity index (χ4n) is 4.10. The number of hydrogen-bond donors (Lipinski definition) is 2. The maximum atomic E-state index is 6.16. The maximum absolute atomic E-state index is 6.16. The molecule has 0 radical (unpaired) electrons. The molecule has 1 aromatic rings. The number of benzene rings is 1. The van der Waals surface area contributed by atoms with E-state index in [1.807, 2.05) is 31.2 Å². The van der Waals surface area contributed by atoms with Gasteiger partial charge in [-0.05, 0) is 32.4 Å². The highest BCUT2D eigenvalue weighted by Crippen LogP contribution is 2.52. The summed E-state index contributed by atoms with van der Waals surface area (Å²) in [6.07, 6.45) is 1.42. The van der Waals surface area contributed by atoms with Gasteiger partial charge in [0.15, 0.2) is 5.96 Å². The molecule has 152 valence electrons. The number of hydrogen-bond acceptors (Lipinski definition) is 3. The van der Waals surface area contributed by atoms with Crippen LogP contribution in [0.1, 0.15) is 34.1 Å². The van der Waals surface area contributed by atoms with Gasteiger partial charge in [-0.25, -0.2) is 4.99 Å². The molecule has 1 aliphatic carbocycles. The van der Waals surface area contributed by atoms with E-state index in [2.05, 4.69) is 31.4 Å². The monoisotopic (exact) mass is 507 g/mol. The van der Waals surface area contributed by atoms with Crippen LogP contribution in [0, 0.1) is 11.3 Å². The number of rotatable bonds is 6. The van der Waals surface area contributed by atoms with Crippen LogP contribution in [0.3, 0.4) is 0 Å². The molecule has 1 saturated carbocycles. The zero-order valence-electron chi connectivity index (χ0n) is 16.5. The van der Waals surface area contributed by atoms with Crippen molar-refractivity contribution in [3.05, 3.63) is 29.3 Å². The largest absolute Gasteiger partial charge is 0.487 e. The van der Waals surface area contributed by atoms with Gasteiger partial charge in [-0.15, -0.1) is 24.0 Å². The minimum atomic E-state index is -0.0673. The van der Waals surface area contributed by atoms with E-state index in [1.165, 1.54) is 0 Å². The van der Waals surface area contributed by atoms with Crippen molar-refractivity contribution in [3.8, 4) is 5.75 Å². The Kier molecular flexibility index (Phi) is 8.06. The molecule has 2 aliphatic rings. The molecule has 2 N–H and O–H groups in total. The molecule has 0 aromatic heterocycles. The fourth-order valence-corrected chi connectivity index (χ4v) is 4.28. The molecule has 0 spiro atoms. The van der Waals surface area contributed by atoms with Crippen molar-refractivity contribution in [1.82, 2.24) is 10.6 Å². The van der Waals surface area contributed by atoms with Gasteiger partial charge in [0.25, 0.3) is 0 Å². The molecule has 0 amide bonds. The number of halogens is 2. The Morgan fingerprint density at radius 2 is 2.15 bits per heavy atom. The minimum absolute atomic E-state index is 0. The maximum Gasteiger partial charge on any atom is 0.191 e. The molecule has 4 atom stereocenters. The standard InChI is InChI=1S/C20H30ClN3O2.HI/c1-5-22-19(24-17-14-10-11-25-18(14)20(17,3)4)23-12-13(2)26-16-9-7-6-8-15(16)21;/h6-9,13-14,17-18H,5,10-12H2,1-4H3,(H2,22,23,24);1H. The van der Waals surface area contributed by atoms with Gasteiger partial charge in [0.05, 0.1) is 17.7 Å². The number of guanidine groups is 1. The van der Waals surface area contributed by atoms with Crippen LogP contribution in [0.5, 0.6) is 5.75 Å². The van der Waals surface area contributed by atoms with Crippen molar-refractivity contribution in [2.45, 2.75) is 52.4 Å². The first-order valence-electron chi connectivity index (χ1n) is 9.51. The lowest BCUT2D eigenvalue weighted by molar-refractivity contribution is -0.106. The van der Waals surface area contributed by atoms with Gasteiger partial charge in [0.1, 0.15) is 11.9 Å². The predicted octanol–water partition coefficient (Wildman–Crippen LogP) is 4.09. The van der Waals surface area contributed by atoms with Crippen LogP contribution in [-0.4, -0.2) is 43.9 Å². The van der Waals surface area contributed by atoms with Gasteiger partial charge in [-0.1, -0.05) is 37.6 Å². The fraction of sp³-hybridized carbons (Fsp3) is 0.650. The van der Waals surface area contributed by atoms with E-state index in [0.717, 1.165) is 25.5 Å². The second-order valence-electron chi connectivity index (χ2n) is 7.77. The molecular weight excluding hydrogens is 477 g/mol. The number of para-hydroxylation sites is 1. The second kappa shape index (κ2) is 9.65. The van der Waals surface area contributed by atoms with E-state index in [0.29, 0.717) is 35.4 Å². The molecule has 1 heterocycles. The van der Waals surface area contributed by atoms with Crippen molar-refractivity contribution >= 4 is 41.5 Å². The Labute approximate surface area is 184 Å². The van der Waals surface area contributed by atoms with Gasteiger partial charge >= 0.3 is 0 Å². The summed E-state index contributed by atoms with van der Waals surface area (Å²) in [5, 5.41) is 7.59. The highest BCUT2D eigenvalue weighted by molar-refractivity contribution is 14.0. The third-order valence-corrected chi connectivity index (χ3v) is 5.72. The summed E-state index contributed by atoms with van der Waals surface area (Å²) in [4.78, 5) is 4.73. The Balaban J connectivity index is 0.00000261. The van der Waals surface area contributed by atoms with Gasteiger partial charge in [0, 0.05) is 30.5 Å². The average Bonchev–Trinajstić information content (AvgIpc) is 3.06. The summed E-state index contributed by atoms with van der Waals surface area (Å²) in [6, 6.07) is 7.90. The third-order valence-electron chi connectivity index (χ3n) is 5.41. The number of ether oxygens (including phenoxy) is 2. The molecule has 1 aliphatic heterocycles. The lowest BCUT2D eigenvalue weighted by Gasteiger charge is -2.54. The number of aliphatic imine (C=N–C) groups is 1. The third kappa shape index (κ3) is 5.01. The average molecular weight is 508 g/mol. The quantitative estimate of drug-likeness (QED) is 0.346. The van der Waals surface area contributed by atoms with Gasteiger partial charge < -0.3 is 20.1 Å². The highest BCUT2D eigenvalue weighted by Gasteiger charge is 2.59. The van der Waals surface area contributed by atoms with E-state index < -0.39 is 0 Å². The first-order chi connectivity index (χ1) is 12.4. The normalized spacial score (nSPS) is 27.0. The summed E-state index contributed by atoms with van der Waals surface area (Å²) < 4.78 is 11.8. The highest BCUT2D eigenvalue weighted by atomic mass is 127. The van der Waals surface area contributed by atoms with Crippen LogP contribution in [0.15, 0.2) is 29.3 Å². The molecule has 2 fully saturated rings. The predicted molar refractivity (Wildman–Crippen MR) is 121 cm³/mol. The van der Waals surface area contributed by atoms with Gasteiger partial charge in [-0.3, -0.25) is 0 Å². The van der Waals surface area contributed by atoms with Crippen molar-refractivity contribution < 1.29 is 9.47 Å². The number of fused-ring (bicyclic) bond motifs is 1. The van der Waals surface area contributed by atoms with Crippen molar-refractivity contribution in [1.29, 1.82) is 0 Å². The molecule has 3 rings (SSSR count).